The average molecular weight is 472 g/mol. The van der Waals surface area contributed by atoms with E-state index >= 15 is 0 Å². The van der Waals surface area contributed by atoms with E-state index < -0.39 is 30.4 Å². The zero-order valence-corrected chi connectivity index (χ0v) is 18.5. The molecule has 0 fully saturated rings. The van der Waals surface area contributed by atoms with Gasteiger partial charge in [0.2, 0.25) is 0 Å². The largest absolute Gasteiger partial charge is 0.454 e. The molecule has 2 N–H and O–H groups in total. The van der Waals surface area contributed by atoms with Gasteiger partial charge in [-0.05, 0) is 30.7 Å². The van der Waals surface area contributed by atoms with Gasteiger partial charge in [-0.1, -0.05) is 71.7 Å². The predicted octanol–water partition coefficient (Wildman–Crippen LogP) is 4.35. The second-order valence-electron chi connectivity index (χ2n) is 6.73. The third-order valence-electron chi connectivity index (χ3n) is 4.39. The first-order chi connectivity index (χ1) is 15.3. The third kappa shape index (κ3) is 6.06. The summed E-state index contributed by atoms with van der Waals surface area (Å²) >= 11 is 12.0. The first kappa shape index (κ1) is 23.2. The van der Waals surface area contributed by atoms with Crippen molar-refractivity contribution >= 4 is 46.8 Å². The maximum atomic E-state index is 12.8. The molecule has 2 amide bonds. The van der Waals surface area contributed by atoms with Crippen LogP contribution in [0, 0.1) is 6.92 Å². The molecule has 0 spiro atoms. The number of aryl methyl sites for hydroxylation is 1. The maximum absolute atomic E-state index is 12.8. The summed E-state index contributed by atoms with van der Waals surface area (Å²) in [6.07, 6.45) is 0. The first-order valence-corrected chi connectivity index (χ1v) is 10.3. The minimum atomic E-state index is -1.10. The molecule has 2 aromatic carbocycles. The Kier molecular flexibility index (Phi) is 7.81. The molecule has 0 bridgehead atoms. The fraction of sp³-hybridized carbons (Fsp3) is 0.130. The number of pyridine rings is 1. The molecule has 3 rings (SSSR count). The van der Waals surface area contributed by atoms with Crippen LogP contribution in [-0.2, 0) is 14.3 Å². The number of nitrogens with zero attached hydrogens (tertiary/aromatic N) is 1. The SMILES string of the molecule is Cc1nc(NC(=O)COC(=O)C(NC(=O)c2ccccc2)c2ccccc2)c(Cl)cc1Cl. The standard InChI is InChI=1S/C23H19Cl2N3O4/c1-14-17(24)12-18(25)21(26-14)27-19(29)13-32-23(31)20(15-8-4-2-5-9-15)28-22(30)16-10-6-3-7-11-16/h2-12,20H,13H2,1H3,(H,28,30)(H,26,27,29). The molecule has 0 radical (unpaired) electrons. The van der Waals surface area contributed by atoms with Gasteiger partial charge in [-0.25, -0.2) is 9.78 Å². The highest BCUT2D eigenvalue weighted by molar-refractivity contribution is 6.36. The van der Waals surface area contributed by atoms with Crippen molar-refractivity contribution in [1.29, 1.82) is 0 Å². The number of carbonyl (C=O) groups excluding carboxylic acids is 3. The lowest BCUT2D eigenvalue weighted by Gasteiger charge is -2.18. The molecule has 32 heavy (non-hydrogen) atoms. The van der Waals surface area contributed by atoms with Crippen LogP contribution >= 0.6 is 23.2 Å². The van der Waals surface area contributed by atoms with Crippen LogP contribution in [0.1, 0.15) is 27.7 Å². The lowest BCUT2D eigenvalue weighted by atomic mass is 10.1. The van der Waals surface area contributed by atoms with Crippen molar-refractivity contribution in [3.63, 3.8) is 0 Å². The molecule has 1 unspecified atom stereocenters. The first-order valence-electron chi connectivity index (χ1n) is 9.55. The van der Waals surface area contributed by atoms with E-state index in [0.717, 1.165) is 0 Å². The van der Waals surface area contributed by atoms with Crippen molar-refractivity contribution in [1.82, 2.24) is 10.3 Å². The Balaban J connectivity index is 1.68. The van der Waals surface area contributed by atoms with E-state index in [1.165, 1.54) is 6.07 Å². The Morgan fingerprint density at radius 3 is 2.25 bits per heavy atom. The molecule has 9 heteroatoms. The van der Waals surface area contributed by atoms with Crippen molar-refractivity contribution in [2.45, 2.75) is 13.0 Å². The molecule has 1 aromatic heterocycles. The lowest BCUT2D eigenvalue weighted by molar-refractivity contribution is -0.149. The van der Waals surface area contributed by atoms with Crippen molar-refractivity contribution in [2.24, 2.45) is 0 Å². The molecule has 3 aromatic rings. The van der Waals surface area contributed by atoms with Crippen LogP contribution in [0.2, 0.25) is 10.0 Å². The Bertz CT molecular complexity index is 1120. The van der Waals surface area contributed by atoms with Gasteiger partial charge in [0.15, 0.2) is 18.5 Å². The molecule has 0 saturated carbocycles. The summed E-state index contributed by atoms with van der Waals surface area (Å²) in [6.45, 7) is 1.07. The highest BCUT2D eigenvalue weighted by Crippen LogP contribution is 2.25. The maximum Gasteiger partial charge on any atom is 0.333 e. The van der Waals surface area contributed by atoms with Crippen LogP contribution in [0.5, 0.6) is 0 Å². The van der Waals surface area contributed by atoms with E-state index in [1.807, 2.05) is 0 Å². The summed E-state index contributed by atoms with van der Waals surface area (Å²) in [5, 5.41) is 5.64. The Hall–Kier alpha value is -3.42. The van der Waals surface area contributed by atoms with Crippen LogP contribution in [0.15, 0.2) is 66.7 Å². The number of esters is 1. The van der Waals surface area contributed by atoms with Crippen LogP contribution in [0.25, 0.3) is 0 Å². The number of amides is 2. The van der Waals surface area contributed by atoms with Gasteiger partial charge in [-0.3, -0.25) is 9.59 Å². The lowest BCUT2D eigenvalue weighted by Crippen LogP contribution is -2.36. The molecule has 0 aliphatic rings. The molecule has 7 nitrogen and oxygen atoms in total. The van der Waals surface area contributed by atoms with Crippen molar-refractivity contribution < 1.29 is 19.1 Å². The summed E-state index contributed by atoms with van der Waals surface area (Å²) in [5.41, 5.74) is 1.38. The zero-order valence-electron chi connectivity index (χ0n) is 17.0. The Morgan fingerprint density at radius 1 is 0.969 bits per heavy atom. The van der Waals surface area contributed by atoms with Gasteiger partial charge < -0.3 is 15.4 Å². The van der Waals surface area contributed by atoms with Crippen LogP contribution in [0.3, 0.4) is 0 Å². The Morgan fingerprint density at radius 2 is 1.59 bits per heavy atom. The van der Waals surface area contributed by atoms with Crippen LogP contribution in [-0.4, -0.2) is 29.4 Å². The normalized spacial score (nSPS) is 11.3. The molecule has 0 aliphatic carbocycles. The van der Waals surface area contributed by atoms with Gasteiger partial charge in [0.25, 0.3) is 11.8 Å². The van der Waals surface area contributed by atoms with Crippen molar-refractivity contribution in [3.05, 3.63) is 93.6 Å². The number of benzene rings is 2. The Labute approximate surface area is 194 Å². The number of anilines is 1. The molecule has 1 heterocycles. The van der Waals surface area contributed by atoms with Crippen molar-refractivity contribution in [2.75, 3.05) is 11.9 Å². The third-order valence-corrected chi connectivity index (χ3v) is 5.06. The summed E-state index contributed by atoms with van der Waals surface area (Å²) in [7, 11) is 0. The highest BCUT2D eigenvalue weighted by atomic mass is 35.5. The van der Waals surface area contributed by atoms with Crippen LogP contribution < -0.4 is 10.6 Å². The fourth-order valence-electron chi connectivity index (χ4n) is 2.76. The average Bonchev–Trinajstić information content (AvgIpc) is 2.80. The number of aromatic nitrogens is 1. The zero-order chi connectivity index (χ0) is 23.1. The van der Waals surface area contributed by atoms with Gasteiger partial charge in [0, 0.05) is 5.56 Å². The van der Waals surface area contributed by atoms with Gasteiger partial charge in [-0.2, -0.15) is 0 Å². The van der Waals surface area contributed by atoms with Gasteiger partial charge in [0.05, 0.1) is 15.7 Å². The van der Waals surface area contributed by atoms with E-state index in [4.69, 9.17) is 27.9 Å². The number of carbonyl (C=O) groups is 3. The van der Waals surface area contributed by atoms with Gasteiger partial charge >= 0.3 is 5.97 Å². The predicted molar refractivity (Wildman–Crippen MR) is 122 cm³/mol. The number of rotatable bonds is 7. The molecule has 164 valence electrons. The second kappa shape index (κ2) is 10.7. The molecule has 1 atom stereocenters. The quantitative estimate of drug-likeness (QED) is 0.499. The van der Waals surface area contributed by atoms with E-state index in [9.17, 15) is 14.4 Å². The summed E-state index contributed by atoms with van der Waals surface area (Å²) in [4.78, 5) is 41.7. The van der Waals surface area contributed by atoms with E-state index in [0.29, 0.717) is 21.8 Å². The van der Waals surface area contributed by atoms with E-state index in [2.05, 4.69) is 15.6 Å². The molecular weight excluding hydrogens is 453 g/mol. The van der Waals surface area contributed by atoms with E-state index in [-0.39, 0.29) is 10.8 Å². The monoisotopic (exact) mass is 471 g/mol. The number of nitrogens with one attached hydrogen (secondary N) is 2. The minimum Gasteiger partial charge on any atom is -0.454 e. The summed E-state index contributed by atoms with van der Waals surface area (Å²) < 4.78 is 5.16. The molecular formula is C23H19Cl2N3O4. The minimum absolute atomic E-state index is 0.103. The van der Waals surface area contributed by atoms with Crippen molar-refractivity contribution in [3.8, 4) is 0 Å². The van der Waals surface area contributed by atoms with Gasteiger partial charge in [0.1, 0.15) is 0 Å². The van der Waals surface area contributed by atoms with Gasteiger partial charge in [-0.15, -0.1) is 0 Å². The summed E-state index contributed by atoms with van der Waals surface area (Å²) in [6, 6.07) is 17.4. The molecule has 0 aliphatic heterocycles. The number of ether oxygens (including phenoxy) is 1. The van der Waals surface area contributed by atoms with E-state index in [1.54, 1.807) is 67.6 Å². The second-order valence-corrected chi connectivity index (χ2v) is 7.54. The van der Waals surface area contributed by atoms with Crippen LogP contribution in [0.4, 0.5) is 5.82 Å². The fourth-order valence-corrected chi connectivity index (χ4v) is 3.17. The smallest absolute Gasteiger partial charge is 0.333 e. The number of hydrogen-bond donors (Lipinski definition) is 2. The molecule has 0 saturated heterocycles. The number of hydrogen-bond acceptors (Lipinski definition) is 5. The summed E-state index contributed by atoms with van der Waals surface area (Å²) in [5.74, 6) is -1.78. The number of halogens is 2. The highest BCUT2D eigenvalue weighted by Gasteiger charge is 2.25. The topological polar surface area (TPSA) is 97.4 Å².